The van der Waals surface area contributed by atoms with Crippen LogP contribution in [0.1, 0.15) is 0 Å². The number of halogens is 1. The van der Waals surface area contributed by atoms with Gasteiger partial charge in [0.2, 0.25) is 0 Å². The molecule has 0 nitrogen and oxygen atoms in total. The summed E-state index contributed by atoms with van der Waals surface area (Å²) in [6.07, 6.45) is 0. The van der Waals surface area contributed by atoms with Gasteiger partial charge in [0, 0.05) is 0 Å². The van der Waals surface area contributed by atoms with Crippen LogP contribution < -0.4 is 10.7 Å². The van der Waals surface area contributed by atoms with Crippen LogP contribution in [0.25, 0.3) is 0 Å². The molecule has 0 fully saturated rings. The summed E-state index contributed by atoms with van der Waals surface area (Å²) in [5.41, 5.74) is 0. The first-order chi connectivity index (χ1) is 9.84. The SMILES string of the molecule is Clc1cc[c]([Sn]([c]2ccccc2)[c]2ccccc2)cc1. The molecule has 0 unspecified atom stereocenters. The van der Waals surface area contributed by atoms with Crippen LogP contribution in [0.2, 0.25) is 5.02 Å². The van der Waals surface area contributed by atoms with Crippen molar-refractivity contribution in [2.75, 3.05) is 0 Å². The Morgan fingerprint density at radius 3 is 1.35 bits per heavy atom. The van der Waals surface area contributed by atoms with Crippen molar-refractivity contribution in [3.63, 3.8) is 0 Å². The van der Waals surface area contributed by atoms with Crippen molar-refractivity contribution in [3.05, 3.63) is 90.0 Å². The van der Waals surface area contributed by atoms with Gasteiger partial charge in [-0.15, -0.1) is 0 Å². The average molecular weight is 384 g/mol. The number of hydrogen-bond acceptors (Lipinski definition) is 0. The van der Waals surface area contributed by atoms with Crippen molar-refractivity contribution < 1.29 is 0 Å². The molecule has 0 saturated heterocycles. The van der Waals surface area contributed by atoms with Crippen LogP contribution in [0.4, 0.5) is 0 Å². The van der Waals surface area contributed by atoms with Crippen LogP contribution in [-0.4, -0.2) is 19.8 Å². The summed E-state index contributed by atoms with van der Waals surface area (Å²) in [4.78, 5) is 0. The summed E-state index contributed by atoms with van der Waals surface area (Å²) in [5.74, 6) is 0. The third-order valence-electron chi connectivity index (χ3n) is 3.26. The summed E-state index contributed by atoms with van der Waals surface area (Å²) >= 11 is 3.96. The number of rotatable bonds is 3. The van der Waals surface area contributed by atoms with Crippen LogP contribution in [0.3, 0.4) is 0 Å². The molecule has 97 valence electrons. The van der Waals surface area contributed by atoms with E-state index in [-0.39, 0.29) is 0 Å². The predicted molar refractivity (Wildman–Crippen MR) is 89.0 cm³/mol. The zero-order valence-electron chi connectivity index (χ0n) is 11.0. The third kappa shape index (κ3) is 3.08. The van der Waals surface area contributed by atoms with Gasteiger partial charge in [0.05, 0.1) is 0 Å². The van der Waals surface area contributed by atoms with Crippen molar-refractivity contribution in [2.24, 2.45) is 0 Å². The van der Waals surface area contributed by atoms with E-state index in [0.717, 1.165) is 5.02 Å². The van der Waals surface area contributed by atoms with Gasteiger partial charge >= 0.3 is 132 Å². The Hall–Kier alpha value is -1.25. The summed E-state index contributed by atoms with van der Waals surface area (Å²) in [6.45, 7) is 0. The minimum absolute atomic E-state index is 0.803. The first-order valence-corrected chi connectivity index (χ1v) is 11.2. The second-order valence-corrected chi connectivity index (χ2v) is 12.1. The van der Waals surface area contributed by atoms with E-state index in [1.165, 1.54) is 10.7 Å². The average Bonchev–Trinajstić information content (AvgIpc) is 2.52. The fourth-order valence-electron chi connectivity index (χ4n) is 2.33. The molecule has 0 aromatic heterocycles. The third-order valence-corrected chi connectivity index (χ3v) is 11.3. The van der Waals surface area contributed by atoms with Crippen LogP contribution in [0, 0.1) is 0 Å². The molecule has 0 atom stereocenters. The Kier molecular flexibility index (Phi) is 4.44. The minimum atomic E-state index is -2.07. The van der Waals surface area contributed by atoms with E-state index in [4.69, 9.17) is 11.6 Å². The maximum atomic E-state index is 6.03. The first kappa shape index (κ1) is 13.7. The molecule has 0 aliphatic heterocycles. The molecule has 2 heteroatoms. The molecule has 0 heterocycles. The second kappa shape index (κ2) is 6.47. The second-order valence-electron chi connectivity index (χ2n) is 4.61. The van der Waals surface area contributed by atoms with Gasteiger partial charge in [-0.2, -0.15) is 0 Å². The van der Waals surface area contributed by atoms with Crippen LogP contribution in [0.15, 0.2) is 84.9 Å². The zero-order valence-corrected chi connectivity index (χ0v) is 14.6. The van der Waals surface area contributed by atoms with E-state index in [1.807, 2.05) is 12.1 Å². The molecule has 0 N–H and O–H groups in total. The van der Waals surface area contributed by atoms with Gasteiger partial charge in [0.1, 0.15) is 0 Å². The van der Waals surface area contributed by atoms with Crippen molar-refractivity contribution in [2.45, 2.75) is 0 Å². The van der Waals surface area contributed by atoms with Crippen molar-refractivity contribution in [3.8, 4) is 0 Å². The summed E-state index contributed by atoms with van der Waals surface area (Å²) in [5, 5.41) is 0.803. The quantitative estimate of drug-likeness (QED) is 0.609. The van der Waals surface area contributed by atoms with Crippen molar-refractivity contribution in [1.82, 2.24) is 0 Å². The topological polar surface area (TPSA) is 0 Å². The zero-order chi connectivity index (χ0) is 13.8. The first-order valence-electron chi connectivity index (χ1n) is 6.58. The normalized spacial score (nSPS) is 10.7. The van der Waals surface area contributed by atoms with Crippen molar-refractivity contribution in [1.29, 1.82) is 0 Å². The Morgan fingerprint density at radius 1 is 0.500 bits per heavy atom. The molecule has 20 heavy (non-hydrogen) atoms. The Labute approximate surface area is 131 Å². The molecule has 3 aromatic carbocycles. The van der Waals surface area contributed by atoms with Gasteiger partial charge in [0.15, 0.2) is 0 Å². The van der Waals surface area contributed by atoms with E-state index in [2.05, 4.69) is 72.8 Å². The van der Waals surface area contributed by atoms with Gasteiger partial charge in [-0.1, -0.05) is 0 Å². The molecule has 0 amide bonds. The fourth-order valence-corrected chi connectivity index (χ4v) is 9.73. The van der Waals surface area contributed by atoms with Gasteiger partial charge < -0.3 is 0 Å². The molecular weight excluding hydrogens is 370 g/mol. The summed E-state index contributed by atoms with van der Waals surface area (Å²) in [7, 11) is 0. The van der Waals surface area contributed by atoms with E-state index < -0.39 is 19.8 Å². The van der Waals surface area contributed by atoms with E-state index in [0.29, 0.717) is 0 Å². The number of benzene rings is 3. The van der Waals surface area contributed by atoms with Gasteiger partial charge in [-0.3, -0.25) is 0 Å². The Bertz CT molecular complexity index is 623. The number of hydrogen-bond donors (Lipinski definition) is 0. The molecule has 0 aliphatic carbocycles. The molecule has 3 rings (SSSR count). The van der Waals surface area contributed by atoms with Gasteiger partial charge in [-0.05, 0) is 0 Å². The van der Waals surface area contributed by atoms with Crippen molar-refractivity contribution >= 4 is 42.1 Å². The van der Waals surface area contributed by atoms with Crippen LogP contribution in [0.5, 0.6) is 0 Å². The van der Waals surface area contributed by atoms with Gasteiger partial charge in [-0.25, -0.2) is 0 Å². The fraction of sp³-hybridized carbons (Fsp3) is 0. The summed E-state index contributed by atoms with van der Waals surface area (Å²) in [6, 6.07) is 30.1. The molecule has 0 bridgehead atoms. The molecule has 0 spiro atoms. The molecule has 3 aromatic rings. The summed E-state index contributed by atoms with van der Waals surface area (Å²) < 4.78 is 4.43. The van der Waals surface area contributed by atoms with E-state index in [1.54, 1.807) is 0 Å². The van der Waals surface area contributed by atoms with E-state index >= 15 is 0 Å². The monoisotopic (exact) mass is 385 g/mol. The molecule has 0 saturated carbocycles. The molecule has 1 radical (unpaired) electrons. The van der Waals surface area contributed by atoms with E-state index in [9.17, 15) is 0 Å². The van der Waals surface area contributed by atoms with Crippen LogP contribution in [-0.2, 0) is 0 Å². The Morgan fingerprint density at radius 2 is 0.900 bits per heavy atom. The standard InChI is InChI=1S/C6H4Cl.2C6H5.Sn/c7-6-4-2-1-3-5-6;2*1-2-4-6-5-3-1;/h2-5H;2*1-5H;. The van der Waals surface area contributed by atoms with Crippen LogP contribution >= 0.6 is 11.6 Å². The molecular formula is C18H14ClSn. The molecule has 0 aliphatic rings. The predicted octanol–water partition coefficient (Wildman–Crippen LogP) is 2.86. The van der Waals surface area contributed by atoms with Gasteiger partial charge in [0.25, 0.3) is 0 Å². The Balaban J connectivity index is 2.11. The maximum absolute atomic E-state index is 6.03.